The molecule has 0 aliphatic rings. The number of esters is 1. The fourth-order valence-electron chi connectivity index (χ4n) is 6.66. The molecule has 51 heavy (non-hydrogen) atoms. The van der Waals surface area contributed by atoms with Crippen molar-refractivity contribution in [2.24, 2.45) is 0 Å². The summed E-state index contributed by atoms with van der Waals surface area (Å²) < 4.78 is 21.8. The quantitative estimate of drug-likeness (QED) is 0.0692. The molecule has 0 aliphatic carbocycles. The minimum atomic E-state index is -0.806. The number of methoxy groups -OCH3 is 1. The van der Waals surface area contributed by atoms with Crippen molar-refractivity contribution in [1.82, 2.24) is 0 Å². The summed E-state index contributed by atoms with van der Waals surface area (Å²) in [6.07, 6.45) is -0.0973. The standard InChI is InChI=1S/C45H36O6/c1-28-25-33(17-23-42(28)48-4)34-18-24-43(29(2)26-34)51-45(47)50-36-21-15-32(16-22-36)44-39-11-7-5-9-37(39)41(38-10-6-8-12-40(38)44)27-31-13-19-35(20-14-31)49-30(3)46/h5-26H,27H2,1-4H3. The lowest BCUT2D eigenvalue weighted by atomic mass is 9.86. The van der Waals surface area contributed by atoms with Gasteiger partial charge in [-0.3, -0.25) is 4.79 Å². The Kier molecular flexibility index (Phi) is 9.23. The molecule has 0 saturated heterocycles. The molecule has 0 aliphatic heterocycles. The zero-order chi connectivity index (χ0) is 35.5. The number of carbonyl (C=O) groups is 2. The van der Waals surface area contributed by atoms with Crippen LogP contribution in [0.15, 0.2) is 133 Å². The molecule has 0 N–H and O–H groups in total. The van der Waals surface area contributed by atoms with Crippen LogP contribution in [0.4, 0.5) is 4.79 Å². The molecule has 252 valence electrons. The van der Waals surface area contributed by atoms with Crippen LogP contribution in [0, 0.1) is 13.8 Å². The number of ether oxygens (including phenoxy) is 4. The number of hydrogen-bond acceptors (Lipinski definition) is 6. The molecule has 0 heterocycles. The van der Waals surface area contributed by atoms with Gasteiger partial charge < -0.3 is 18.9 Å². The molecule has 7 aromatic rings. The first-order valence-corrected chi connectivity index (χ1v) is 16.7. The van der Waals surface area contributed by atoms with Gasteiger partial charge >= 0.3 is 12.1 Å². The van der Waals surface area contributed by atoms with Crippen LogP contribution >= 0.6 is 0 Å². The first-order chi connectivity index (χ1) is 24.8. The van der Waals surface area contributed by atoms with Crippen molar-refractivity contribution < 1.29 is 28.5 Å². The van der Waals surface area contributed by atoms with Gasteiger partial charge in [0.2, 0.25) is 0 Å². The summed E-state index contributed by atoms with van der Waals surface area (Å²) >= 11 is 0. The van der Waals surface area contributed by atoms with Gasteiger partial charge in [0.25, 0.3) is 0 Å². The zero-order valence-electron chi connectivity index (χ0n) is 28.9. The summed E-state index contributed by atoms with van der Waals surface area (Å²) in [6, 6.07) is 43.8. The first kappa shape index (κ1) is 33.1. The number of fused-ring (bicyclic) bond motifs is 2. The Morgan fingerprint density at radius 1 is 0.529 bits per heavy atom. The molecule has 0 saturated carbocycles. The van der Waals surface area contributed by atoms with Crippen molar-refractivity contribution in [3.63, 3.8) is 0 Å². The summed E-state index contributed by atoms with van der Waals surface area (Å²) in [5, 5.41) is 4.56. The summed E-state index contributed by atoms with van der Waals surface area (Å²) in [6.45, 7) is 5.31. The van der Waals surface area contributed by atoms with Crippen molar-refractivity contribution in [1.29, 1.82) is 0 Å². The second-order valence-electron chi connectivity index (χ2n) is 12.5. The van der Waals surface area contributed by atoms with Crippen LogP contribution in [0.1, 0.15) is 29.2 Å². The van der Waals surface area contributed by atoms with Crippen LogP contribution in [-0.4, -0.2) is 19.2 Å². The summed E-state index contributed by atoms with van der Waals surface area (Å²) in [5.74, 6) is 1.84. The number of benzene rings is 7. The molecular formula is C45H36O6. The molecule has 0 spiro atoms. The van der Waals surface area contributed by atoms with Crippen LogP contribution < -0.4 is 18.9 Å². The van der Waals surface area contributed by atoms with Gasteiger partial charge in [-0.25, -0.2) is 4.79 Å². The highest BCUT2D eigenvalue weighted by atomic mass is 16.7. The van der Waals surface area contributed by atoms with E-state index >= 15 is 0 Å². The van der Waals surface area contributed by atoms with Gasteiger partial charge in [-0.05, 0) is 135 Å². The van der Waals surface area contributed by atoms with E-state index in [2.05, 4.69) is 54.6 Å². The second kappa shape index (κ2) is 14.2. The predicted molar refractivity (Wildman–Crippen MR) is 202 cm³/mol. The number of carbonyl (C=O) groups excluding carboxylic acids is 2. The van der Waals surface area contributed by atoms with E-state index in [1.165, 1.54) is 12.5 Å². The van der Waals surface area contributed by atoms with Crippen molar-refractivity contribution in [2.75, 3.05) is 7.11 Å². The van der Waals surface area contributed by atoms with Crippen molar-refractivity contribution in [2.45, 2.75) is 27.2 Å². The summed E-state index contributed by atoms with van der Waals surface area (Å²) in [5.41, 5.74) is 8.35. The van der Waals surface area contributed by atoms with Gasteiger partial charge in [-0.1, -0.05) is 84.9 Å². The molecular weight excluding hydrogens is 636 g/mol. The molecule has 7 aromatic carbocycles. The highest BCUT2D eigenvalue weighted by Gasteiger charge is 2.17. The minimum Gasteiger partial charge on any atom is -0.496 e. The van der Waals surface area contributed by atoms with Gasteiger partial charge in [-0.15, -0.1) is 0 Å². The van der Waals surface area contributed by atoms with Crippen LogP contribution in [-0.2, 0) is 11.2 Å². The SMILES string of the molecule is COc1ccc(-c2ccc(OC(=O)Oc3ccc(-c4c5ccccc5c(Cc5ccc(OC(C)=O)cc5)c5ccccc45)cc3)c(C)c2)cc1C. The Morgan fingerprint density at radius 2 is 1.02 bits per heavy atom. The first-order valence-electron chi connectivity index (χ1n) is 16.7. The Bertz CT molecular complexity index is 2350. The van der Waals surface area contributed by atoms with Crippen molar-refractivity contribution in [3.8, 4) is 45.3 Å². The molecule has 6 heteroatoms. The zero-order valence-corrected chi connectivity index (χ0v) is 28.9. The van der Waals surface area contributed by atoms with Crippen molar-refractivity contribution >= 4 is 33.7 Å². The molecule has 0 atom stereocenters. The third-order valence-corrected chi connectivity index (χ3v) is 9.05. The third kappa shape index (κ3) is 7.03. The summed E-state index contributed by atoms with van der Waals surface area (Å²) in [4.78, 5) is 24.3. The van der Waals surface area contributed by atoms with Gasteiger partial charge in [0.15, 0.2) is 0 Å². The van der Waals surface area contributed by atoms with E-state index in [4.69, 9.17) is 18.9 Å². The van der Waals surface area contributed by atoms with Crippen LogP contribution in [0.25, 0.3) is 43.8 Å². The fraction of sp³-hybridized carbons (Fsp3) is 0.111. The Hall–Kier alpha value is -6.40. The third-order valence-electron chi connectivity index (χ3n) is 9.05. The fourth-order valence-corrected chi connectivity index (χ4v) is 6.66. The number of aryl methyl sites for hydroxylation is 2. The lowest BCUT2D eigenvalue weighted by Gasteiger charge is -2.18. The maximum atomic E-state index is 12.9. The Morgan fingerprint density at radius 3 is 1.55 bits per heavy atom. The van der Waals surface area contributed by atoms with E-state index in [1.54, 1.807) is 25.3 Å². The van der Waals surface area contributed by atoms with E-state index in [1.807, 2.05) is 74.5 Å². The minimum absolute atomic E-state index is 0.340. The lowest BCUT2D eigenvalue weighted by Crippen LogP contribution is -2.14. The van der Waals surface area contributed by atoms with Gasteiger partial charge in [0.1, 0.15) is 23.0 Å². The molecule has 0 bridgehead atoms. The second-order valence-corrected chi connectivity index (χ2v) is 12.5. The molecule has 7 rings (SSSR count). The number of hydrogen-bond donors (Lipinski definition) is 0. The monoisotopic (exact) mass is 672 g/mol. The van der Waals surface area contributed by atoms with E-state index in [-0.39, 0.29) is 5.97 Å². The van der Waals surface area contributed by atoms with Crippen LogP contribution in [0.2, 0.25) is 0 Å². The van der Waals surface area contributed by atoms with E-state index in [9.17, 15) is 9.59 Å². The maximum Gasteiger partial charge on any atom is 0.519 e. The average Bonchev–Trinajstić information content (AvgIpc) is 3.13. The average molecular weight is 673 g/mol. The van der Waals surface area contributed by atoms with E-state index < -0.39 is 6.16 Å². The Balaban J connectivity index is 1.13. The number of rotatable bonds is 8. The van der Waals surface area contributed by atoms with Crippen LogP contribution in [0.5, 0.6) is 23.0 Å². The van der Waals surface area contributed by atoms with E-state index in [0.29, 0.717) is 23.7 Å². The molecule has 0 fully saturated rings. The molecule has 0 unspecified atom stereocenters. The Labute approximate surface area is 296 Å². The topological polar surface area (TPSA) is 71.1 Å². The van der Waals surface area contributed by atoms with Gasteiger partial charge in [0.05, 0.1) is 7.11 Å². The van der Waals surface area contributed by atoms with Gasteiger partial charge in [-0.2, -0.15) is 0 Å². The van der Waals surface area contributed by atoms with Crippen molar-refractivity contribution in [3.05, 3.63) is 156 Å². The molecule has 0 radical (unpaired) electrons. The normalized spacial score (nSPS) is 11.0. The largest absolute Gasteiger partial charge is 0.519 e. The molecule has 0 aromatic heterocycles. The van der Waals surface area contributed by atoms with Gasteiger partial charge in [0, 0.05) is 6.92 Å². The highest BCUT2D eigenvalue weighted by molar-refractivity contribution is 6.15. The highest BCUT2D eigenvalue weighted by Crippen LogP contribution is 2.40. The molecule has 6 nitrogen and oxygen atoms in total. The maximum absolute atomic E-state index is 12.9. The summed E-state index contributed by atoms with van der Waals surface area (Å²) in [7, 11) is 1.66. The predicted octanol–water partition coefficient (Wildman–Crippen LogP) is 11.0. The van der Waals surface area contributed by atoms with E-state index in [0.717, 1.165) is 66.2 Å². The smallest absolute Gasteiger partial charge is 0.496 e. The molecule has 0 amide bonds. The van der Waals surface area contributed by atoms with Crippen LogP contribution in [0.3, 0.4) is 0 Å². The lowest BCUT2D eigenvalue weighted by molar-refractivity contribution is -0.131.